The van der Waals surface area contributed by atoms with Crippen LogP contribution >= 0.6 is 50.7 Å². The van der Waals surface area contributed by atoms with Crippen LogP contribution in [-0.2, 0) is 26.2 Å². The summed E-state index contributed by atoms with van der Waals surface area (Å²) in [6.07, 6.45) is 1.67. The maximum absolute atomic E-state index is 13.5. The molecule has 0 bridgehead atoms. The van der Waals surface area contributed by atoms with Gasteiger partial charge in [-0.05, 0) is 50.1 Å². The maximum Gasteiger partial charge on any atom is 0.244 e. The van der Waals surface area contributed by atoms with E-state index in [1.807, 2.05) is 38.1 Å². The van der Waals surface area contributed by atoms with Gasteiger partial charge in [0.15, 0.2) is 0 Å². The van der Waals surface area contributed by atoms with Gasteiger partial charge in [-0.1, -0.05) is 69.8 Å². The van der Waals surface area contributed by atoms with Crippen LogP contribution < -0.4 is 9.62 Å². The predicted molar refractivity (Wildman–Crippen MR) is 146 cm³/mol. The summed E-state index contributed by atoms with van der Waals surface area (Å²) in [4.78, 5) is 27.8. The van der Waals surface area contributed by atoms with E-state index in [-0.39, 0.29) is 39.2 Å². The fourth-order valence-electron chi connectivity index (χ4n) is 3.13. The molecule has 0 aliphatic heterocycles. The third-order valence-corrected chi connectivity index (χ3v) is 8.05. The van der Waals surface area contributed by atoms with Crippen LogP contribution in [0.5, 0.6) is 0 Å². The molecular formula is C23H27BrCl3N3O4S. The summed E-state index contributed by atoms with van der Waals surface area (Å²) < 4.78 is 27.0. The summed E-state index contributed by atoms with van der Waals surface area (Å²) in [6.45, 7) is 4.90. The van der Waals surface area contributed by atoms with Crippen molar-refractivity contribution in [3.63, 3.8) is 0 Å². The number of rotatable bonds is 10. The van der Waals surface area contributed by atoms with E-state index in [1.54, 1.807) is 6.92 Å². The van der Waals surface area contributed by atoms with Gasteiger partial charge in [0.1, 0.15) is 12.6 Å². The van der Waals surface area contributed by atoms with Crippen molar-refractivity contribution in [1.82, 2.24) is 10.2 Å². The van der Waals surface area contributed by atoms with Crippen LogP contribution in [0.1, 0.15) is 32.8 Å². The van der Waals surface area contributed by atoms with E-state index in [2.05, 4.69) is 21.2 Å². The van der Waals surface area contributed by atoms with Gasteiger partial charge in [0, 0.05) is 17.1 Å². The Balaban J connectivity index is 2.45. The zero-order chi connectivity index (χ0) is 26.5. The van der Waals surface area contributed by atoms with Crippen molar-refractivity contribution in [3.05, 3.63) is 61.5 Å². The van der Waals surface area contributed by atoms with Gasteiger partial charge in [-0.15, -0.1) is 0 Å². The molecule has 2 aromatic rings. The van der Waals surface area contributed by atoms with Crippen molar-refractivity contribution in [1.29, 1.82) is 0 Å². The highest BCUT2D eigenvalue weighted by Gasteiger charge is 2.31. The molecule has 0 saturated carbocycles. The van der Waals surface area contributed by atoms with Crippen LogP contribution in [-0.4, -0.2) is 50.0 Å². The highest BCUT2D eigenvalue weighted by molar-refractivity contribution is 9.10. The molecule has 1 N–H and O–H groups in total. The summed E-state index contributed by atoms with van der Waals surface area (Å²) >= 11 is 21.7. The largest absolute Gasteiger partial charge is 0.352 e. The van der Waals surface area contributed by atoms with Gasteiger partial charge in [-0.2, -0.15) is 0 Å². The summed E-state index contributed by atoms with van der Waals surface area (Å²) in [5, 5.41) is 3.12. The quantitative estimate of drug-likeness (QED) is 0.352. The second-order valence-electron chi connectivity index (χ2n) is 8.13. The molecule has 0 spiro atoms. The van der Waals surface area contributed by atoms with Crippen molar-refractivity contribution in [2.24, 2.45) is 0 Å². The zero-order valence-electron chi connectivity index (χ0n) is 19.7. The molecule has 0 heterocycles. The lowest BCUT2D eigenvalue weighted by Gasteiger charge is -2.32. The molecule has 0 aliphatic carbocycles. The third-order valence-electron chi connectivity index (χ3n) is 5.37. The lowest BCUT2D eigenvalue weighted by atomic mass is 10.1. The van der Waals surface area contributed by atoms with Crippen molar-refractivity contribution in [2.45, 2.75) is 45.8 Å². The Labute approximate surface area is 229 Å². The minimum absolute atomic E-state index is 0.0113. The molecule has 12 heteroatoms. The molecule has 0 fully saturated rings. The number of sulfonamides is 1. The Morgan fingerprint density at radius 3 is 2.14 bits per heavy atom. The first-order chi connectivity index (χ1) is 16.2. The van der Waals surface area contributed by atoms with E-state index >= 15 is 0 Å². The van der Waals surface area contributed by atoms with Gasteiger partial charge in [0.2, 0.25) is 21.8 Å². The molecule has 0 saturated heterocycles. The van der Waals surface area contributed by atoms with Crippen molar-refractivity contribution in [2.75, 3.05) is 17.1 Å². The second-order valence-corrected chi connectivity index (χ2v) is 12.2. The SMILES string of the molecule is CC[C@H](C)NC(=O)[C@H](C)N(Cc1ccc(Br)cc1)C(=O)CN(c1cc(Cl)c(Cl)cc1Cl)S(C)(=O)=O. The lowest BCUT2D eigenvalue weighted by Crippen LogP contribution is -2.52. The molecule has 2 rings (SSSR count). The molecule has 0 aliphatic rings. The van der Waals surface area contributed by atoms with E-state index in [4.69, 9.17) is 34.8 Å². The minimum Gasteiger partial charge on any atom is -0.352 e. The molecule has 0 aromatic heterocycles. The smallest absolute Gasteiger partial charge is 0.244 e. The number of benzene rings is 2. The number of hydrogen-bond acceptors (Lipinski definition) is 4. The Morgan fingerprint density at radius 2 is 1.60 bits per heavy atom. The number of nitrogens with one attached hydrogen (secondary N) is 1. The topological polar surface area (TPSA) is 86.8 Å². The number of hydrogen-bond donors (Lipinski definition) is 1. The standard InChI is InChI=1S/C23H27BrCl3N3O4S/c1-5-14(2)28-23(32)15(3)29(12-16-6-8-17(24)9-7-16)22(31)13-30(35(4,33)34)21-11-19(26)18(25)10-20(21)27/h6-11,14-15H,5,12-13H2,1-4H3,(H,28,32)/t14-,15-/m0/s1. The maximum atomic E-state index is 13.5. The van der Waals surface area contributed by atoms with Crippen LogP contribution in [0.25, 0.3) is 0 Å². The molecule has 192 valence electrons. The van der Waals surface area contributed by atoms with Crippen LogP contribution in [0.4, 0.5) is 5.69 Å². The van der Waals surface area contributed by atoms with Crippen molar-refractivity contribution >= 4 is 78.3 Å². The second kappa shape index (κ2) is 12.6. The molecule has 7 nitrogen and oxygen atoms in total. The van der Waals surface area contributed by atoms with E-state index < -0.39 is 28.5 Å². The fraction of sp³-hybridized carbons (Fsp3) is 0.391. The Kier molecular flexibility index (Phi) is 10.7. The molecule has 2 amide bonds. The fourth-order valence-corrected chi connectivity index (χ4v) is 4.94. The van der Waals surface area contributed by atoms with Crippen molar-refractivity contribution in [3.8, 4) is 0 Å². The molecular weight excluding hydrogens is 601 g/mol. The Morgan fingerprint density at radius 1 is 1.03 bits per heavy atom. The number of carbonyl (C=O) groups is 2. The first-order valence-corrected chi connectivity index (χ1v) is 14.5. The van der Waals surface area contributed by atoms with Gasteiger partial charge in [0.25, 0.3) is 0 Å². The molecule has 2 atom stereocenters. The minimum atomic E-state index is -3.95. The van der Waals surface area contributed by atoms with Gasteiger partial charge in [-0.25, -0.2) is 8.42 Å². The van der Waals surface area contributed by atoms with Crippen LogP contribution in [0.3, 0.4) is 0 Å². The number of nitrogens with zero attached hydrogens (tertiary/aromatic N) is 2. The summed E-state index contributed by atoms with van der Waals surface area (Å²) in [6, 6.07) is 8.91. The van der Waals surface area contributed by atoms with Gasteiger partial charge >= 0.3 is 0 Å². The Bertz CT molecular complexity index is 1180. The number of amides is 2. The summed E-state index contributed by atoms with van der Waals surface area (Å²) in [5.74, 6) is -0.935. The van der Waals surface area contributed by atoms with Gasteiger partial charge < -0.3 is 10.2 Å². The van der Waals surface area contributed by atoms with Crippen LogP contribution in [0.15, 0.2) is 40.9 Å². The number of carbonyl (C=O) groups excluding carboxylic acids is 2. The van der Waals surface area contributed by atoms with Gasteiger partial charge in [0.05, 0.1) is 27.0 Å². The molecule has 0 radical (unpaired) electrons. The van der Waals surface area contributed by atoms with Crippen molar-refractivity contribution < 1.29 is 18.0 Å². The van der Waals surface area contributed by atoms with Gasteiger partial charge in [-0.3, -0.25) is 13.9 Å². The average Bonchev–Trinajstić information content (AvgIpc) is 2.78. The normalized spacial score (nSPS) is 13.1. The van der Waals surface area contributed by atoms with E-state index in [0.29, 0.717) is 0 Å². The van der Waals surface area contributed by atoms with E-state index in [9.17, 15) is 18.0 Å². The predicted octanol–water partition coefficient (Wildman–Crippen LogP) is 5.51. The van der Waals surface area contributed by atoms with E-state index in [0.717, 1.165) is 27.0 Å². The monoisotopic (exact) mass is 625 g/mol. The molecule has 35 heavy (non-hydrogen) atoms. The molecule has 2 aromatic carbocycles. The lowest BCUT2D eigenvalue weighted by molar-refractivity contribution is -0.139. The zero-order valence-corrected chi connectivity index (χ0v) is 24.4. The van der Waals surface area contributed by atoms with E-state index in [1.165, 1.54) is 17.0 Å². The summed E-state index contributed by atoms with van der Waals surface area (Å²) in [5.41, 5.74) is 0.778. The number of halogens is 4. The first-order valence-electron chi connectivity index (χ1n) is 10.7. The summed E-state index contributed by atoms with van der Waals surface area (Å²) in [7, 11) is -3.95. The third kappa shape index (κ3) is 8.25. The highest BCUT2D eigenvalue weighted by Crippen LogP contribution is 2.35. The highest BCUT2D eigenvalue weighted by atomic mass is 79.9. The first kappa shape index (κ1) is 29.7. The number of anilines is 1. The molecule has 0 unspecified atom stereocenters. The Hall–Kier alpha value is -1.52. The van der Waals surface area contributed by atoms with Crippen LogP contribution in [0.2, 0.25) is 15.1 Å². The van der Waals surface area contributed by atoms with Crippen LogP contribution in [0, 0.1) is 0 Å². The average molecular weight is 628 g/mol.